The van der Waals surface area contributed by atoms with Crippen LogP contribution in [0.1, 0.15) is 36.9 Å². The molecular weight excluding hydrogens is 432 g/mol. The molecule has 1 N–H and O–H groups in total. The van der Waals surface area contributed by atoms with Crippen LogP contribution in [0.4, 0.5) is 5.69 Å². The molecule has 0 bridgehead atoms. The minimum atomic E-state index is -0.441. The van der Waals surface area contributed by atoms with E-state index in [-0.39, 0.29) is 5.91 Å². The first-order chi connectivity index (χ1) is 16.1. The zero-order chi connectivity index (χ0) is 22.8. The number of nitrogens with one attached hydrogen (secondary N) is 1. The summed E-state index contributed by atoms with van der Waals surface area (Å²) in [4.78, 5) is 20.2. The van der Waals surface area contributed by atoms with Gasteiger partial charge in [-0.15, -0.1) is 0 Å². The average molecular weight is 459 g/mol. The molecule has 1 spiro atoms. The highest BCUT2D eigenvalue weighted by Gasteiger charge is 2.51. The Morgan fingerprint density at radius 1 is 1.24 bits per heavy atom. The van der Waals surface area contributed by atoms with Crippen LogP contribution in [0.5, 0.6) is 0 Å². The molecule has 5 nitrogen and oxygen atoms in total. The number of piperidine rings is 1. The molecule has 168 valence electrons. The number of hydrogen-bond donors (Lipinski definition) is 1. The zero-order valence-corrected chi connectivity index (χ0v) is 19.4. The van der Waals surface area contributed by atoms with Gasteiger partial charge in [0.1, 0.15) is 0 Å². The molecule has 5 rings (SSSR count). The Balaban J connectivity index is 1.51. The number of allylic oxidation sites excluding steroid dienone is 1. The molecule has 1 aromatic carbocycles. The summed E-state index contributed by atoms with van der Waals surface area (Å²) < 4.78 is 2.30. The van der Waals surface area contributed by atoms with Crippen LogP contribution in [0.25, 0.3) is 10.9 Å². The van der Waals surface area contributed by atoms with E-state index in [0.29, 0.717) is 11.6 Å². The van der Waals surface area contributed by atoms with Gasteiger partial charge < -0.3 is 14.8 Å². The lowest BCUT2D eigenvalue weighted by Crippen LogP contribution is -2.47. The van der Waals surface area contributed by atoms with Crippen molar-refractivity contribution in [3.8, 4) is 11.8 Å². The normalized spacial score (nSPS) is 16.6. The lowest BCUT2D eigenvalue weighted by atomic mass is 9.74. The van der Waals surface area contributed by atoms with Crippen molar-refractivity contribution in [3.63, 3.8) is 0 Å². The quantitative estimate of drug-likeness (QED) is 0.440. The number of pyridine rings is 1. The van der Waals surface area contributed by atoms with Crippen molar-refractivity contribution in [2.45, 2.75) is 44.2 Å². The SMILES string of the molecule is C=CC#CCCCn1c(CN2C(=O)C3(CCNCC3)c3ccncc32)cc2cc(Cl)ccc21. The van der Waals surface area contributed by atoms with E-state index in [9.17, 15) is 4.79 Å². The number of halogens is 1. The van der Waals surface area contributed by atoms with Crippen LogP contribution in [0.3, 0.4) is 0 Å². The Bertz CT molecular complexity index is 1280. The van der Waals surface area contributed by atoms with E-state index in [1.807, 2.05) is 35.5 Å². The summed E-state index contributed by atoms with van der Waals surface area (Å²) in [5.74, 6) is 6.24. The molecule has 0 saturated carbocycles. The molecule has 3 aromatic rings. The second-order valence-electron chi connectivity index (χ2n) is 8.74. The molecule has 2 aromatic heterocycles. The summed E-state index contributed by atoms with van der Waals surface area (Å²) in [6.07, 6.45) is 8.63. The van der Waals surface area contributed by atoms with Crippen molar-refractivity contribution >= 4 is 34.1 Å². The maximum atomic E-state index is 13.9. The van der Waals surface area contributed by atoms with Crippen LogP contribution >= 0.6 is 11.6 Å². The molecular formula is C27H27ClN4O. The van der Waals surface area contributed by atoms with Gasteiger partial charge in [0.05, 0.1) is 23.8 Å². The molecule has 0 radical (unpaired) electrons. The molecule has 0 aliphatic carbocycles. The molecule has 0 atom stereocenters. The summed E-state index contributed by atoms with van der Waals surface area (Å²) in [6.45, 7) is 6.69. The lowest BCUT2D eigenvalue weighted by Gasteiger charge is -2.33. The number of anilines is 1. The summed E-state index contributed by atoms with van der Waals surface area (Å²) >= 11 is 6.28. The molecule has 1 saturated heterocycles. The molecule has 1 fully saturated rings. The monoisotopic (exact) mass is 458 g/mol. The second kappa shape index (κ2) is 9.05. The number of hydrogen-bond acceptors (Lipinski definition) is 3. The van der Waals surface area contributed by atoms with E-state index in [4.69, 9.17) is 11.6 Å². The summed E-state index contributed by atoms with van der Waals surface area (Å²) in [5.41, 5.74) is 3.84. The average Bonchev–Trinajstić information content (AvgIpc) is 3.28. The van der Waals surface area contributed by atoms with Crippen molar-refractivity contribution in [2.75, 3.05) is 18.0 Å². The number of unbranched alkanes of at least 4 members (excludes halogenated alkanes) is 1. The van der Waals surface area contributed by atoms with E-state index in [2.05, 4.69) is 45.4 Å². The summed E-state index contributed by atoms with van der Waals surface area (Å²) in [5, 5.41) is 5.20. The van der Waals surface area contributed by atoms with Crippen molar-refractivity contribution in [2.24, 2.45) is 0 Å². The number of aryl methyl sites for hydroxylation is 1. The fourth-order valence-electron chi connectivity index (χ4n) is 5.31. The maximum absolute atomic E-state index is 13.9. The number of nitrogens with zero attached hydrogens (tertiary/aromatic N) is 3. The third-order valence-corrected chi connectivity index (χ3v) is 7.11. The third-order valence-electron chi connectivity index (χ3n) is 6.87. The van der Waals surface area contributed by atoms with Crippen LogP contribution in [-0.4, -0.2) is 28.5 Å². The Morgan fingerprint density at radius 2 is 2.09 bits per heavy atom. The van der Waals surface area contributed by atoms with E-state index >= 15 is 0 Å². The molecule has 2 aliphatic heterocycles. The highest BCUT2D eigenvalue weighted by Crippen LogP contribution is 2.47. The van der Waals surface area contributed by atoms with Gasteiger partial charge in [-0.25, -0.2) is 0 Å². The zero-order valence-electron chi connectivity index (χ0n) is 18.6. The summed E-state index contributed by atoms with van der Waals surface area (Å²) in [6, 6.07) is 10.2. The first-order valence-corrected chi connectivity index (χ1v) is 11.9. The molecule has 2 aliphatic rings. The predicted molar refractivity (Wildman–Crippen MR) is 133 cm³/mol. The largest absolute Gasteiger partial charge is 0.343 e. The van der Waals surface area contributed by atoms with E-state index in [1.165, 1.54) is 0 Å². The maximum Gasteiger partial charge on any atom is 0.238 e. The van der Waals surface area contributed by atoms with Crippen molar-refractivity contribution in [3.05, 3.63) is 71.7 Å². The van der Waals surface area contributed by atoms with Gasteiger partial charge in [-0.05, 0) is 74.3 Å². The smallest absolute Gasteiger partial charge is 0.238 e. The molecule has 33 heavy (non-hydrogen) atoms. The first-order valence-electron chi connectivity index (χ1n) is 11.5. The topological polar surface area (TPSA) is 50.2 Å². The molecule has 6 heteroatoms. The van der Waals surface area contributed by atoms with Crippen LogP contribution < -0.4 is 10.2 Å². The van der Waals surface area contributed by atoms with Gasteiger partial charge >= 0.3 is 0 Å². The fourth-order valence-corrected chi connectivity index (χ4v) is 5.49. The number of fused-ring (bicyclic) bond motifs is 3. The van der Waals surface area contributed by atoms with Crippen molar-refractivity contribution in [1.82, 2.24) is 14.9 Å². The standard InChI is InChI=1S/C27H27ClN4O/c1-2-3-4-5-6-15-31-22(17-20-16-21(28)7-8-24(20)31)19-32-25-18-30-12-9-23(25)27(26(32)33)10-13-29-14-11-27/h2,7-9,12,16-18,29H,1,5-6,10-11,13-15,19H2. The summed E-state index contributed by atoms with van der Waals surface area (Å²) in [7, 11) is 0. The minimum absolute atomic E-state index is 0.193. The van der Waals surface area contributed by atoms with Gasteiger partial charge in [0.15, 0.2) is 0 Å². The number of amides is 1. The van der Waals surface area contributed by atoms with E-state index < -0.39 is 5.41 Å². The highest BCUT2D eigenvalue weighted by atomic mass is 35.5. The van der Waals surface area contributed by atoms with Gasteiger partial charge in [-0.1, -0.05) is 30.0 Å². The van der Waals surface area contributed by atoms with Gasteiger partial charge in [0.25, 0.3) is 0 Å². The highest BCUT2D eigenvalue weighted by molar-refractivity contribution is 6.31. The van der Waals surface area contributed by atoms with Crippen molar-refractivity contribution in [1.29, 1.82) is 0 Å². The molecule has 4 heterocycles. The van der Waals surface area contributed by atoms with Gasteiger partial charge in [-0.3, -0.25) is 9.78 Å². The Labute approximate surface area is 199 Å². The lowest BCUT2D eigenvalue weighted by molar-refractivity contribution is -0.124. The van der Waals surface area contributed by atoms with Gasteiger partial charge in [0.2, 0.25) is 5.91 Å². The van der Waals surface area contributed by atoms with Crippen LogP contribution in [0.2, 0.25) is 5.02 Å². The van der Waals surface area contributed by atoms with Crippen LogP contribution in [-0.2, 0) is 23.3 Å². The third kappa shape index (κ3) is 3.84. The minimum Gasteiger partial charge on any atom is -0.343 e. The Hall–Kier alpha value is -3.07. The number of rotatable bonds is 5. The first kappa shape index (κ1) is 21.8. The number of aromatic nitrogens is 2. The fraction of sp³-hybridized carbons (Fsp3) is 0.333. The second-order valence-corrected chi connectivity index (χ2v) is 9.17. The van der Waals surface area contributed by atoms with E-state index in [1.54, 1.807) is 6.08 Å². The van der Waals surface area contributed by atoms with Crippen molar-refractivity contribution < 1.29 is 4.79 Å². The van der Waals surface area contributed by atoms with Gasteiger partial charge in [-0.2, -0.15) is 0 Å². The number of carbonyl (C=O) groups excluding carboxylic acids is 1. The van der Waals surface area contributed by atoms with Crippen LogP contribution in [0.15, 0.2) is 55.4 Å². The van der Waals surface area contributed by atoms with Crippen LogP contribution in [0, 0.1) is 11.8 Å². The molecule has 0 unspecified atom stereocenters. The number of benzene rings is 1. The Kier molecular flexibility index (Phi) is 5.97. The van der Waals surface area contributed by atoms with Gasteiger partial charge in [0, 0.05) is 40.8 Å². The Morgan fingerprint density at radius 3 is 2.91 bits per heavy atom. The molecule has 1 amide bonds. The number of carbonyl (C=O) groups is 1. The predicted octanol–water partition coefficient (Wildman–Crippen LogP) is 4.83. The van der Waals surface area contributed by atoms with E-state index in [0.717, 1.165) is 73.2 Å².